The molecular weight excluding hydrogens is 586 g/mol. The van der Waals surface area contributed by atoms with Crippen molar-refractivity contribution < 1.29 is 23.7 Å². The highest BCUT2D eigenvalue weighted by atomic mass is 35.5. The van der Waals surface area contributed by atoms with Crippen LogP contribution in [0.1, 0.15) is 5.56 Å². The highest BCUT2D eigenvalue weighted by Crippen LogP contribution is 2.47. The molecule has 3 aromatic heterocycles. The number of nitrogens with zero attached hydrogens (tertiary/aromatic N) is 4. The van der Waals surface area contributed by atoms with E-state index in [1.54, 1.807) is 37.0 Å². The molecule has 0 spiro atoms. The third-order valence-corrected chi connectivity index (χ3v) is 8.62. The van der Waals surface area contributed by atoms with Crippen LogP contribution in [0.2, 0.25) is 5.02 Å². The number of carbonyl (C=O) groups is 1. The van der Waals surface area contributed by atoms with Gasteiger partial charge in [0.2, 0.25) is 5.88 Å². The molecule has 13 heteroatoms. The van der Waals surface area contributed by atoms with Crippen molar-refractivity contribution >= 4 is 77.5 Å². The molecule has 0 unspecified atom stereocenters. The molecule has 41 heavy (non-hydrogen) atoms. The molecule has 1 amide bonds. The molecular formula is C28H20ClN5O5S2. The number of methoxy groups -OCH3 is 1. The standard InChI is InChI=1S/C28H20ClN5O5S2/c1-13-5-16(23-19(6-13)33-22(36-2)9-30-23)27-34-24-17(29)8-20-25(26(24)41-27)37-10-15(39-20)11-38-28(35)32-14-3-4-21-18(7-14)31-12-40-21/h3-9,12,15H,10-11H2,1-2H3,(H,32,35)/t15-/m1/s1. The fourth-order valence-corrected chi connectivity index (χ4v) is 6.63. The van der Waals surface area contributed by atoms with Crippen molar-refractivity contribution in [3.63, 3.8) is 0 Å². The van der Waals surface area contributed by atoms with E-state index in [0.717, 1.165) is 31.1 Å². The highest BCUT2D eigenvalue weighted by Gasteiger charge is 2.28. The molecule has 0 fully saturated rings. The van der Waals surface area contributed by atoms with E-state index in [2.05, 4.69) is 20.3 Å². The molecule has 10 nitrogen and oxygen atoms in total. The Morgan fingerprint density at radius 3 is 2.93 bits per heavy atom. The zero-order chi connectivity index (χ0) is 28.1. The first-order valence-corrected chi connectivity index (χ1v) is 14.5. The summed E-state index contributed by atoms with van der Waals surface area (Å²) in [6.45, 7) is 2.17. The van der Waals surface area contributed by atoms with E-state index in [1.807, 2.05) is 25.1 Å². The van der Waals surface area contributed by atoms with Crippen LogP contribution in [0.4, 0.5) is 10.5 Å². The van der Waals surface area contributed by atoms with Gasteiger partial charge in [0.1, 0.15) is 28.4 Å². The van der Waals surface area contributed by atoms with Crippen LogP contribution < -0.4 is 19.5 Å². The summed E-state index contributed by atoms with van der Waals surface area (Å²) < 4.78 is 24.7. The number of nitrogens with one attached hydrogen (secondary N) is 1. The Labute approximate surface area is 245 Å². The molecule has 1 aliphatic heterocycles. The molecule has 0 bridgehead atoms. The predicted molar refractivity (Wildman–Crippen MR) is 159 cm³/mol. The number of aromatic nitrogens is 4. The lowest BCUT2D eigenvalue weighted by molar-refractivity contribution is 0.0384. The predicted octanol–water partition coefficient (Wildman–Crippen LogP) is 6.88. The van der Waals surface area contributed by atoms with Crippen LogP contribution >= 0.6 is 34.3 Å². The molecule has 1 aliphatic rings. The fourth-order valence-electron chi connectivity index (χ4n) is 4.58. The molecule has 6 aromatic rings. The zero-order valence-corrected chi connectivity index (χ0v) is 24.0. The van der Waals surface area contributed by atoms with Crippen LogP contribution in [0.25, 0.3) is 42.0 Å². The van der Waals surface area contributed by atoms with Crippen molar-refractivity contribution in [3.05, 3.63) is 58.7 Å². The summed E-state index contributed by atoms with van der Waals surface area (Å²) in [4.78, 5) is 30.6. The lowest BCUT2D eigenvalue weighted by Crippen LogP contribution is -2.35. The van der Waals surface area contributed by atoms with Gasteiger partial charge in [-0.15, -0.1) is 22.7 Å². The van der Waals surface area contributed by atoms with Gasteiger partial charge in [-0.3, -0.25) is 5.32 Å². The fraction of sp³-hybridized carbons (Fsp3) is 0.179. The molecule has 1 atom stereocenters. The largest absolute Gasteiger partial charge is 0.484 e. The van der Waals surface area contributed by atoms with Crippen LogP contribution in [0.3, 0.4) is 0 Å². The summed E-state index contributed by atoms with van der Waals surface area (Å²) in [6.07, 6.45) is 0.476. The van der Waals surface area contributed by atoms with Crippen LogP contribution in [0.15, 0.2) is 48.1 Å². The SMILES string of the molecule is COc1cnc2c(-c3nc4c(Cl)cc5c(c4s3)OC[C@H](COC(=O)Nc3ccc4scnc4c3)O5)cc(C)cc2n1. The number of benzene rings is 3. The minimum Gasteiger partial charge on any atom is -0.484 e. The second-order valence-corrected chi connectivity index (χ2v) is 11.6. The van der Waals surface area contributed by atoms with Crippen LogP contribution in [0.5, 0.6) is 17.4 Å². The monoisotopic (exact) mass is 605 g/mol. The average molecular weight is 606 g/mol. The van der Waals surface area contributed by atoms with Crippen molar-refractivity contribution in [3.8, 4) is 28.0 Å². The first kappa shape index (κ1) is 25.7. The molecule has 0 saturated carbocycles. The van der Waals surface area contributed by atoms with Crippen molar-refractivity contribution in [1.82, 2.24) is 19.9 Å². The maximum absolute atomic E-state index is 12.4. The van der Waals surface area contributed by atoms with E-state index in [1.165, 1.54) is 22.7 Å². The summed E-state index contributed by atoms with van der Waals surface area (Å²) in [6, 6.07) is 11.2. The van der Waals surface area contributed by atoms with Gasteiger partial charge >= 0.3 is 6.09 Å². The molecule has 206 valence electrons. The summed E-state index contributed by atoms with van der Waals surface area (Å²) >= 11 is 9.62. The van der Waals surface area contributed by atoms with E-state index < -0.39 is 12.2 Å². The number of rotatable bonds is 5. The number of aryl methyl sites for hydroxylation is 1. The number of fused-ring (bicyclic) bond motifs is 5. The summed E-state index contributed by atoms with van der Waals surface area (Å²) in [5, 5.41) is 3.87. The summed E-state index contributed by atoms with van der Waals surface area (Å²) in [7, 11) is 1.56. The van der Waals surface area contributed by atoms with Gasteiger partial charge in [0.25, 0.3) is 0 Å². The smallest absolute Gasteiger partial charge is 0.411 e. The third-order valence-electron chi connectivity index (χ3n) is 6.43. The van der Waals surface area contributed by atoms with Crippen LogP contribution in [-0.4, -0.2) is 52.5 Å². The minimum absolute atomic E-state index is 0.00870. The second kappa shape index (κ2) is 10.3. The van der Waals surface area contributed by atoms with Gasteiger partial charge in [0, 0.05) is 17.3 Å². The van der Waals surface area contributed by atoms with Crippen molar-refractivity contribution in [2.45, 2.75) is 13.0 Å². The molecule has 4 heterocycles. The van der Waals surface area contributed by atoms with Crippen molar-refractivity contribution in [1.29, 1.82) is 0 Å². The Hall–Kier alpha value is -4.26. The zero-order valence-electron chi connectivity index (χ0n) is 21.6. The number of anilines is 1. The van der Waals surface area contributed by atoms with Gasteiger partial charge in [-0.05, 0) is 42.8 Å². The van der Waals surface area contributed by atoms with Crippen LogP contribution in [-0.2, 0) is 4.74 Å². The highest BCUT2D eigenvalue weighted by molar-refractivity contribution is 7.22. The van der Waals surface area contributed by atoms with Gasteiger partial charge in [-0.2, -0.15) is 0 Å². The number of halogens is 1. The number of hydrogen-bond donors (Lipinski definition) is 1. The van der Waals surface area contributed by atoms with Crippen LogP contribution in [0, 0.1) is 6.92 Å². The first-order valence-electron chi connectivity index (χ1n) is 12.5. The number of thiazole rings is 2. The lowest BCUT2D eigenvalue weighted by atomic mass is 10.1. The normalized spacial score (nSPS) is 14.5. The number of amides is 1. The lowest BCUT2D eigenvalue weighted by Gasteiger charge is -2.26. The van der Waals surface area contributed by atoms with Crippen molar-refractivity contribution in [2.75, 3.05) is 25.6 Å². The van der Waals surface area contributed by atoms with Gasteiger partial charge in [-0.25, -0.2) is 24.7 Å². The first-order chi connectivity index (χ1) is 19.9. The van der Waals surface area contributed by atoms with Gasteiger partial charge in [0.05, 0.1) is 45.1 Å². The Kier molecular flexibility index (Phi) is 6.45. The molecule has 3 aromatic carbocycles. The summed E-state index contributed by atoms with van der Waals surface area (Å²) in [5.74, 6) is 1.45. The van der Waals surface area contributed by atoms with Gasteiger partial charge in [0.15, 0.2) is 17.6 Å². The molecule has 0 radical (unpaired) electrons. The second-order valence-electron chi connectivity index (χ2n) is 9.28. The Balaban J connectivity index is 1.11. The summed E-state index contributed by atoms with van der Waals surface area (Å²) in [5.41, 5.74) is 7.04. The Morgan fingerprint density at radius 1 is 1.15 bits per heavy atom. The van der Waals surface area contributed by atoms with E-state index in [0.29, 0.717) is 44.6 Å². The van der Waals surface area contributed by atoms with Gasteiger partial charge in [-0.1, -0.05) is 11.6 Å². The molecule has 0 aliphatic carbocycles. The van der Waals surface area contributed by atoms with E-state index >= 15 is 0 Å². The Morgan fingerprint density at radius 2 is 2.05 bits per heavy atom. The molecule has 7 rings (SSSR count). The Bertz CT molecular complexity index is 1980. The van der Waals surface area contributed by atoms with Gasteiger partial charge < -0.3 is 18.9 Å². The van der Waals surface area contributed by atoms with E-state index in [4.69, 9.17) is 35.5 Å². The quantitative estimate of drug-likeness (QED) is 0.224. The van der Waals surface area contributed by atoms with E-state index in [-0.39, 0.29) is 13.2 Å². The topological polar surface area (TPSA) is 118 Å². The molecule has 0 saturated heterocycles. The number of hydrogen-bond acceptors (Lipinski definition) is 11. The average Bonchev–Trinajstić information content (AvgIpc) is 3.63. The number of carbonyl (C=O) groups excluding carboxylic acids is 1. The number of ether oxygens (including phenoxy) is 4. The van der Waals surface area contributed by atoms with Crippen molar-refractivity contribution in [2.24, 2.45) is 0 Å². The maximum atomic E-state index is 12.4. The minimum atomic E-state index is -0.597. The van der Waals surface area contributed by atoms with E-state index in [9.17, 15) is 4.79 Å². The maximum Gasteiger partial charge on any atom is 0.411 e. The third kappa shape index (κ3) is 4.83. The molecule has 1 N–H and O–H groups in total.